The molecule has 3 rings (SSSR count). The average Bonchev–Trinajstić information content (AvgIpc) is 3.31. The van der Waals surface area contributed by atoms with Crippen molar-refractivity contribution in [2.24, 2.45) is 4.99 Å². The smallest absolute Gasteiger partial charge is 0.191 e. The number of hydrogen-bond donors (Lipinski definition) is 2. The first-order valence-electron chi connectivity index (χ1n) is 10.4. The van der Waals surface area contributed by atoms with Gasteiger partial charge in [-0.25, -0.2) is 4.39 Å². The molecule has 0 spiro atoms. The lowest BCUT2D eigenvalue weighted by atomic mass is 10.2. The van der Waals surface area contributed by atoms with E-state index in [1.807, 2.05) is 0 Å². The van der Waals surface area contributed by atoms with Crippen LogP contribution in [0.5, 0.6) is 5.75 Å². The molecular formula is C22H31FN4O2S. The van der Waals surface area contributed by atoms with E-state index < -0.39 is 0 Å². The van der Waals surface area contributed by atoms with Crippen LogP contribution in [-0.2, 0) is 4.74 Å². The minimum Gasteiger partial charge on any atom is -0.494 e. The summed E-state index contributed by atoms with van der Waals surface area (Å²) >= 11 is 1.79. The maximum Gasteiger partial charge on any atom is 0.191 e. The fourth-order valence-corrected chi connectivity index (χ4v) is 4.21. The Bertz CT molecular complexity index is 749. The summed E-state index contributed by atoms with van der Waals surface area (Å²) in [6, 6.07) is 10.7. The number of guanidine groups is 1. The molecule has 2 N–H and O–H groups in total. The predicted molar refractivity (Wildman–Crippen MR) is 120 cm³/mol. The Morgan fingerprint density at radius 1 is 1.20 bits per heavy atom. The van der Waals surface area contributed by atoms with Crippen LogP contribution in [0.1, 0.15) is 23.8 Å². The van der Waals surface area contributed by atoms with E-state index in [2.05, 4.69) is 38.0 Å². The molecule has 0 radical (unpaired) electrons. The van der Waals surface area contributed by atoms with Gasteiger partial charge in [-0.15, -0.1) is 11.3 Å². The van der Waals surface area contributed by atoms with Gasteiger partial charge in [0.2, 0.25) is 0 Å². The van der Waals surface area contributed by atoms with Crippen molar-refractivity contribution in [1.82, 2.24) is 15.5 Å². The van der Waals surface area contributed by atoms with Crippen LogP contribution in [0.2, 0.25) is 0 Å². The lowest BCUT2D eigenvalue weighted by molar-refractivity contribution is 0.0177. The first-order valence-corrected chi connectivity index (χ1v) is 11.3. The van der Waals surface area contributed by atoms with Gasteiger partial charge in [-0.05, 0) is 48.6 Å². The zero-order chi connectivity index (χ0) is 21.0. The minimum absolute atomic E-state index is 0.250. The molecule has 1 aromatic heterocycles. The van der Waals surface area contributed by atoms with Gasteiger partial charge in [0, 0.05) is 38.1 Å². The second-order valence-corrected chi connectivity index (χ2v) is 8.05. The fourth-order valence-electron chi connectivity index (χ4n) is 3.35. The summed E-state index contributed by atoms with van der Waals surface area (Å²) < 4.78 is 24.0. The molecule has 1 unspecified atom stereocenters. The number of benzene rings is 1. The van der Waals surface area contributed by atoms with E-state index in [9.17, 15) is 4.39 Å². The Morgan fingerprint density at radius 3 is 2.70 bits per heavy atom. The van der Waals surface area contributed by atoms with Crippen LogP contribution in [0.3, 0.4) is 0 Å². The Kier molecular flexibility index (Phi) is 9.40. The highest BCUT2D eigenvalue weighted by molar-refractivity contribution is 7.10. The van der Waals surface area contributed by atoms with Crippen LogP contribution in [0.4, 0.5) is 4.39 Å². The Hall–Kier alpha value is -2.16. The third kappa shape index (κ3) is 7.27. The second kappa shape index (κ2) is 12.5. The normalized spacial score (nSPS) is 16.3. The summed E-state index contributed by atoms with van der Waals surface area (Å²) in [6.07, 6.45) is 1.87. The molecule has 1 saturated heterocycles. The number of hydrogen-bond acceptors (Lipinski definition) is 5. The van der Waals surface area contributed by atoms with Crippen molar-refractivity contribution in [2.45, 2.75) is 18.9 Å². The molecule has 1 aliphatic heterocycles. The molecule has 2 aromatic rings. The Labute approximate surface area is 182 Å². The SMILES string of the molecule is CN=C(NCCCCOc1ccc(F)cc1)NCC(c1cccs1)N1CCOCC1. The number of nitrogens with zero attached hydrogens (tertiary/aromatic N) is 2. The first-order chi connectivity index (χ1) is 14.8. The maximum atomic E-state index is 12.9. The highest BCUT2D eigenvalue weighted by Gasteiger charge is 2.23. The van der Waals surface area contributed by atoms with Crippen LogP contribution < -0.4 is 15.4 Å². The number of ether oxygens (including phenoxy) is 2. The summed E-state index contributed by atoms with van der Waals surface area (Å²) in [7, 11) is 1.79. The average molecular weight is 435 g/mol. The molecule has 0 amide bonds. The van der Waals surface area contributed by atoms with Crippen LogP contribution >= 0.6 is 11.3 Å². The second-order valence-electron chi connectivity index (χ2n) is 7.07. The molecule has 0 bridgehead atoms. The highest BCUT2D eigenvalue weighted by Crippen LogP contribution is 2.25. The van der Waals surface area contributed by atoms with Crippen molar-refractivity contribution in [3.8, 4) is 5.75 Å². The summed E-state index contributed by atoms with van der Waals surface area (Å²) in [4.78, 5) is 8.18. The molecule has 0 aliphatic carbocycles. The number of thiophene rings is 1. The number of rotatable bonds is 10. The third-order valence-corrected chi connectivity index (χ3v) is 5.96. The van der Waals surface area contributed by atoms with Crippen molar-refractivity contribution in [2.75, 3.05) is 53.0 Å². The third-order valence-electron chi connectivity index (χ3n) is 4.99. The van der Waals surface area contributed by atoms with E-state index in [4.69, 9.17) is 9.47 Å². The lowest BCUT2D eigenvalue weighted by Gasteiger charge is -2.34. The monoisotopic (exact) mass is 434 g/mol. The molecule has 1 atom stereocenters. The minimum atomic E-state index is -0.250. The van der Waals surface area contributed by atoms with Gasteiger partial charge in [0.05, 0.1) is 25.9 Å². The van der Waals surface area contributed by atoms with Crippen molar-refractivity contribution in [3.63, 3.8) is 0 Å². The first kappa shape index (κ1) is 22.5. The molecule has 0 saturated carbocycles. The number of unbranched alkanes of at least 4 members (excludes halogenated alkanes) is 1. The van der Waals surface area contributed by atoms with Gasteiger partial charge >= 0.3 is 0 Å². The van der Waals surface area contributed by atoms with Gasteiger partial charge in [0.15, 0.2) is 5.96 Å². The standard InChI is InChI=1S/C22H31FN4O2S/c1-24-22(25-10-2-3-13-29-19-8-6-18(23)7-9-19)26-17-20(21-5-4-16-30-21)27-11-14-28-15-12-27/h4-9,16,20H,2-3,10-15,17H2,1H3,(H2,24,25,26). The summed E-state index contributed by atoms with van der Waals surface area (Å²) in [5, 5.41) is 8.98. The van der Waals surface area contributed by atoms with Crippen LogP contribution in [0, 0.1) is 5.82 Å². The summed E-state index contributed by atoms with van der Waals surface area (Å²) in [5.74, 6) is 1.26. The molecule has 8 heteroatoms. The van der Waals surface area contributed by atoms with Crippen LogP contribution in [-0.4, -0.2) is 63.9 Å². The van der Waals surface area contributed by atoms with E-state index in [1.165, 1.54) is 17.0 Å². The zero-order valence-electron chi connectivity index (χ0n) is 17.5. The number of morpholine rings is 1. The van der Waals surface area contributed by atoms with E-state index in [-0.39, 0.29) is 5.82 Å². The fraction of sp³-hybridized carbons (Fsp3) is 0.500. The van der Waals surface area contributed by atoms with E-state index in [0.29, 0.717) is 18.4 Å². The van der Waals surface area contributed by atoms with Gasteiger partial charge in [-0.3, -0.25) is 9.89 Å². The quantitative estimate of drug-likeness (QED) is 0.341. The van der Waals surface area contributed by atoms with E-state index in [1.54, 1.807) is 30.5 Å². The summed E-state index contributed by atoms with van der Waals surface area (Å²) in [5.41, 5.74) is 0. The van der Waals surface area contributed by atoms with Crippen molar-refractivity contribution >= 4 is 17.3 Å². The van der Waals surface area contributed by atoms with Crippen molar-refractivity contribution in [1.29, 1.82) is 0 Å². The molecule has 1 aliphatic rings. The molecule has 6 nitrogen and oxygen atoms in total. The molecule has 164 valence electrons. The largest absolute Gasteiger partial charge is 0.494 e. The number of nitrogens with one attached hydrogen (secondary N) is 2. The van der Waals surface area contributed by atoms with E-state index in [0.717, 1.165) is 58.2 Å². The van der Waals surface area contributed by atoms with Gasteiger partial charge in [-0.2, -0.15) is 0 Å². The lowest BCUT2D eigenvalue weighted by Crippen LogP contribution is -2.46. The van der Waals surface area contributed by atoms with Crippen LogP contribution in [0.15, 0.2) is 46.8 Å². The number of halogens is 1. The Balaban J connectivity index is 1.36. The number of aliphatic imine (C=N–C) groups is 1. The topological polar surface area (TPSA) is 58.1 Å². The van der Waals surface area contributed by atoms with Gasteiger partial charge in [0.25, 0.3) is 0 Å². The molecule has 1 aromatic carbocycles. The van der Waals surface area contributed by atoms with Gasteiger partial charge in [-0.1, -0.05) is 6.07 Å². The van der Waals surface area contributed by atoms with Crippen molar-refractivity contribution < 1.29 is 13.9 Å². The molecular weight excluding hydrogens is 403 g/mol. The molecule has 30 heavy (non-hydrogen) atoms. The highest BCUT2D eigenvalue weighted by atomic mass is 32.1. The van der Waals surface area contributed by atoms with Gasteiger partial charge < -0.3 is 20.1 Å². The summed E-state index contributed by atoms with van der Waals surface area (Å²) in [6.45, 7) is 5.69. The Morgan fingerprint density at radius 2 is 2.00 bits per heavy atom. The maximum absolute atomic E-state index is 12.9. The molecule has 1 fully saturated rings. The van der Waals surface area contributed by atoms with Gasteiger partial charge in [0.1, 0.15) is 11.6 Å². The molecule has 2 heterocycles. The van der Waals surface area contributed by atoms with Crippen molar-refractivity contribution in [3.05, 3.63) is 52.5 Å². The predicted octanol–water partition coefficient (Wildman–Crippen LogP) is 3.28. The van der Waals surface area contributed by atoms with Crippen LogP contribution in [0.25, 0.3) is 0 Å². The van der Waals surface area contributed by atoms with E-state index >= 15 is 0 Å². The zero-order valence-corrected chi connectivity index (χ0v) is 18.3.